The van der Waals surface area contributed by atoms with E-state index in [1.807, 2.05) is 0 Å². The van der Waals surface area contributed by atoms with Gasteiger partial charge < -0.3 is 9.47 Å². The van der Waals surface area contributed by atoms with Crippen LogP contribution in [0, 0.1) is 12.7 Å². The lowest BCUT2D eigenvalue weighted by Crippen LogP contribution is -2.31. The van der Waals surface area contributed by atoms with E-state index in [0.29, 0.717) is 26.2 Å². The molecule has 26 heavy (non-hydrogen) atoms. The fourth-order valence-electron chi connectivity index (χ4n) is 2.76. The molecule has 0 aliphatic carbocycles. The fraction of sp³-hybridized carbons (Fsp3) is 0.211. The molecule has 1 aromatic carbocycles. The summed E-state index contributed by atoms with van der Waals surface area (Å²) >= 11 is 1.18. The first kappa shape index (κ1) is 18.0. The van der Waals surface area contributed by atoms with Gasteiger partial charge in [-0.05, 0) is 18.6 Å². The molecule has 7 heteroatoms. The Morgan fingerprint density at radius 1 is 1.42 bits per heavy atom. The van der Waals surface area contributed by atoms with Crippen LogP contribution in [0.25, 0.3) is 10.2 Å². The van der Waals surface area contributed by atoms with Crippen molar-refractivity contribution in [2.24, 2.45) is 7.05 Å². The smallest absolute Gasteiger partial charge is 0.264 e. The number of aromatic nitrogens is 2. The Hall–Kier alpha value is -2.80. The number of aryl methyl sites for hydroxylation is 2. The maximum absolute atomic E-state index is 14.0. The summed E-state index contributed by atoms with van der Waals surface area (Å²) in [6.45, 7) is 5.81. The number of hydrogen-bond acceptors (Lipinski definition) is 4. The van der Waals surface area contributed by atoms with E-state index in [4.69, 9.17) is 0 Å². The summed E-state index contributed by atoms with van der Waals surface area (Å²) in [5.41, 5.74) is 0.842. The highest BCUT2D eigenvalue weighted by Crippen LogP contribution is 2.28. The Morgan fingerprint density at radius 2 is 2.15 bits per heavy atom. The van der Waals surface area contributed by atoms with Crippen molar-refractivity contribution in [1.29, 1.82) is 0 Å². The molecule has 0 fully saturated rings. The molecule has 0 atom stereocenters. The van der Waals surface area contributed by atoms with Crippen LogP contribution in [0.5, 0.6) is 0 Å². The molecule has 0 aliphatic rings. The minimum atomic E-state index is -0.363. The van der Waals surface area contributed by atoms with Gasteiger partial charge in [0, 0.05) is 25.7 Å². The molecule has 5 nitrogen and oxygen atoms in total. The molecule has 0 radical (unpaired) electrons. The predicted octanol–water partition coefficient (Wildman–Crippen LogP) is 3.27. The van der Waals surface area contributed by atoms with E-state index in [-0.39, 0.29) is 30.4 Å². The molecule has 3 aromatic rings. The van der Waals surface area contributed by atoms with Crippen LogP contribution in [0.2, 0.25) is 0 Å². The standard InChI is InChI=1S/C19H18FN3O2S/c1-4-9-23(10-13-7-5-6-8-14(13)20)19(25)16-12(2)15-17(26-16)21-11-22(3)18(15)24/h4-8,11H,1,9-10H2,2-3H3. The van der Waals surface area contributed by atoms with Gasteiger partial charge in [-0.3, -0.25) is 9.59 Å². The molecule has 3 rings (SSSR count). The molecule has 0 saturated heterocycles. The topological polar surface area (TPSA) is 55.2 Å². The SMILES string of the molecule is C=CCN(Cc1ccccc1F)C(=O)c1sc2ncn(C)c(=O)c2c1C. The number of rotatable bonds is 5. The highest BCUT2D eigenvalue weighted by atomic mass is 32.1. The third kappa shape index (κ3) is 3.17. The van der Waals surface area contributed by atoms with Gasteiger partial charge in [0.2, 0.25) is 0 Å². The van der Waals surface area contributed by atoms with E-state index in [9.17, 15) is 14.0 Å². The van der Waals surface area contributed by atoms with Crippen LogP contribution in [-0.4, -0.2) is 26.9 Å². The molecule has 2 aromatic heterocycles. The Morgan fingerprint density at radius 3 is 2.85 bits per heavy atom. The Kier molecular flexibility index (Phi) is 4.99. The largest absolute Gasteiger partial charge is 0.330 e. The molecule has 0 spiro atoms. The number of hydrogen-bond donors (Lipinski definition) is 0. The number of amides is 1. The molecule has 0 unspecified atom stereocenters. The van der Waals surface area contributed by atoms with Gasteiger partial charge in [-0.25, -0.2) is 9.37 Å². The van der Waals surface area contributed by atoms with Gasteiger partial charge in [-0.1, -0.05) is 24.3 Å². The molecule has 2 heterocycles. The second kappa shape index (κ2) is 7.21. The van der Waals surface area contributed by atoms with Crippen LogP contribution in [0.4, 0.5) is 4.39 Å². The van der Waals surface area contributed by atoms with E-state index in [1.165, 1.54) is 33.2 Å². The van der Waals surface area contributed by atoms with Crippen molar-refractivity contribution in [2.75, 3.05) is 6.54 Å². The van der Waals surface area contributed by atoms with Crippen LogP contribution >= 0.6 is 11.3 Å². The number of carbonyl (C=O) groups excluding carboxylic acids is 1. The number of halogens is 1. The molecule has 0 N–H and O–H groups in total. The summed E-state index contributed by atoms with van der Waals surface area (Å²) in [5.74, 6) is -0.631. The molecule has 0 saturated carbocycles. The average Bonchev–Trinajstić information content (AvgIpc) is 2.96. The molecule has 1 amide bonds. The Bertz CT molecular complexity index is 1050. The van der Waals surface area contributed by atoms with Gasteiger partial charge in [0.05, 0.1) is 16.6 Å². The summed E-state index contributed by atoms with van der Waals surface area (Å²) in [7, 11) is 1.62. The monoisotopic (exact) mass is 371 g/mol. The molecular weight excluding hydrogens is 353 g/mol. The Balaban J connectivity index is 2.02. The normalized spacial score (nSPS) is 10.9. The third-order valence-electron chi connectivity index (χ3n) is 4.16. The minimum absolute atomic E-state index is 0.122. The lowest BCUT2D eigenvalue weighted by atomic mass is 10.1. The van der Waals surface area contributed by atoms with Crippen LogP contribution < -0.4 is 5.56 Å². The number of carbonyl (C=O) groups is 1. The van der Waals surface area contributed by atoms with E-state index >= 15 is 0 Å². The van der Waals surface area contributed by atoms with Crippen molar-refractivity contribution >= 4 is 27.5 Å². The highest BCUT2D eigenvalue weighted by molar-refractivity contribution is 7.20. The molecule has 0 aliphatic heterocycles. The minimum Gasteiger partial charge on any atom is -0.330 e. The zero-order chi connectivity index (χ0) is 18.8. The zero-order valence-corrected chi connectivity index (χ0v) is 15.3. The van der Waals surface area contributed by atoms with Crippen LogP contribution in [0.15, 0.2) is 48.0 Å². The quantitative estimate of drug-likeness (QED) is 0.647. The summed E-state index contributed by atoms with van der Waals surface area (Å²) in [5, 5.41) is 0.452. The zero-order valence-electron chi connectivity index (χ0n) is 14.5. The van der Waals surface area contributed by atoms with Crippen molar-refractivity contribution < 1.29 is 9.18 Å². The number of nitrogens with zero attached hydrogens (tertiary/aromatic N) is 3. The van der Waals surface area contributed by atoms with E-state index in [1.54, 1.807) is 38.2 Å². The first-order chi connectivity index (χ1) is 12.4. The summed E-state index contributed by atoms with van der Waals surface area (Å²) in [4.78, 5) is 32.1. The summed E-state index contributed by atoms with van der Waals surface area (Å²) in [6.07, 6.45) is 3.04. The fourth-order valence-corrected chi connectivity index (χ4v) is 3.87. The van der Waals surface area contributed by atoms with E-state index in [2.05, 4.69) is 11.6 Å². The summed E-state index contributed by atoms with van der Waals surface area (Å²) in [6, 6.07) is 6.35. The van der Waals surface area contributed by atoms with Gasteiger partial charge in [-0.2, -0.15) is 0 Å². The molecule has 134 valence electrons. The molecular formula is C19H18FN3O2S. The van der Waals surface area contributed by atoms with Crippen LogP contribution in [0.1, 0.15) is 20.8 Å². The third-order valence-corrected chi connectivity index (χ3v) is 5.35. The van der Waals surface area contributed by atoms with Crippen molar-refractivity contribution in [3.63, 3.8) is 0 Å². The Labute approximate surface area is 154 Å². The van der Waals surface area contributed by atoms with Gasteiger partial charge in [0.15, 0.2) is 0 Å². The maximum atomic E-state index is 14.0. The van der Waals surface area contributed by atoms with Crippen LogP contribution in [0.3, 0.4) is 0 Å². The first-order valence-corrected chi connectivity index (χ1v) is 8.84. The van der Waals surface area contributed by atoms with Gasteiger partial charge in [0.25, 0.3) is 11.5 Å². The number of fused-ring (bicyclic) bond motifs is 1. The van der Waals surface area contributed by atoms with Crippen molar-refractivity contribution in [1.82, 2.24) is 14.5 Å². The summed E-state index contributed by atoms with van der Waals surface area (Å²) < 4.78 is 15.4. The van der Waals surface area contributed by atoms with E-state index in [0.717, 1.165) is 0 Å². The van der Waals surface area contributed by atoms with E-state index < -0.39 is 0 Å². The number of benzene rings is 1. The predicted molar refractivity (Wildman–Crippen MR) is 101 cm³/mol. The van der Waals surface area contributed by atoms with Gasteiger partial charge in [-0.15, -0.1) is 17.9 Å². The van der Waals surface area contributed by atoms with Gasteiger partial charge in [0.1, 0.15) is 10.6 Å². The highest BCUT2D eigenvalue weighted by Gasteiger charge is 2.23. The molecule has 0 bridgehead atoms. The number of thiophene rings is 1. The van der Waals surface area contributed by atoms with Crippen LogP contribution in [-0.2, 0) is 13.6 Å². The van der Waals surface area contributed by atoms with Crippen molar-refractivity contribution in [2.45, 2.75) is 13.5 Å². The van der Waals surface area contributed by atoms with Gasteiger partial charge >= 0.3 is 0 Å². The average molecular weight is 371 g/mol. The van der Waals surface area contributed by atoms with Crippen molar-refractivity contribution in [3.8, 4) is 0 Å². The second-order valence-corrected chi connectivity index (χ2v) is 6.96. The maximum Gasteiger partial charge on any atom is 0.264 e. The lowest BCUT2D eigenvalue weighted by molar-refractivity contribution is 0.0765. The first-order valence-electron chi connectivity index (χ1n) is 8.02. The lowest BCUT2D eigenvalue weighted by Gasteiger charge is -2.21. The second-order valence-electron chi connectivity index (χ2n) is 5.96. The van der Waals surface area contributed by atoms with Crippen molar-refractivity contribution in [3.05, 3.63) is 75.4 Å².